The van der Waals surface area contributed by atoms with E-state index in [9.17, 15) is 13.2 Å². The molecule has 0 aliphatic carbocycles. The molecule has 0 saturated carbocycles. The molecule has 0 radical (unpaired) electrons. The Morgan fingerprint density at radius 1 is 1.08 bits per heavy atom. The predicted octanol–water partition coefficient (Wildman–Crippen LogP) is 2.28. The lowest BCUT2D eigenvalue weighted by Crippen LogP contribution is -1.93. The van der Waals surface area contributed by atoms with E-state index in [0.717, 1.165) is 6.07 Å². The maximum atomic E-state index is 12.7. The van der Waals surface area contributed by atoms with Gasteiger partial charge < -0.3 is 0 Å². The molecule has 0 N–H and O–H groups in total. The van der Waals surface area contributed by atoms with Gasteiger partial charge >= 0.3 is 0 Å². The van der Waals surface area contributed by atoms with Gasteiger partial charge in [-0.2, -0.15) is 0 Å². The second-order valence-corrected chi connectivity index (χ2v) is 2.24. The molecule has 0 spiro atoms. The standard InChI is InChI=1S/C9H5F3/c1-2-3-6-4-8(11)9(12)5-7(6)10/h1,4-5H,3H2. The number of hydrogen-bond acceptors (Lipinski definition) is 0. The van der Waals surface area contributed by atoms with Gasteiger partial charge in [-0.05, 0) is 6.07 Å². The lowest BCUT2D eigenvalue weighted by Gasteiger charge is -1.98. The van der Waals surface area contributed by atoms with Crippen molar-refractivity contribution in [1.29, 1.82) is 0 Å². The van der Waals surface area contributed by atoms with Gasteiger partial charge in [0, 0.05) is 18.1 Å². The molecule has 0 aliphatic rings. The van der Waals surface area contributed by atoms with Crippen molar-refractivity contribution >= 4 is 0 Å². The molecule has 1 aromatic carbocycles. The van der Waals surface area contributed by atoms with Gasteiger partial charge in [0.05, 0.1) is 0 Å². The summed E-state index contributed by atoms with van der Waals surface area (Å²) in [6.07, 6.45) is 4.85. The molecular formula is C9H5F3. The van der Waals surface area contributed by atoms with Gasteiger partial charge in [-0.1, -0.05) is 0 Å². The summed E-state index contributed by atoms with van der Waals surface area (Å²) in [5.41, 5.74) is -0.00333. The van der Waals surface area contributed by atoms with Crippen LogP contribution in [-0.4, -0.2) is 0 Å². The zero-order chi connectivity index (χ0) is 9.14. The molecule has 0 heterocycles. The van der Waals surface area contributed by atoms with Crippen LogP contribution in [-0.2, 0) is 6.42 Å². The van der Waals surface area contributed by atoms with Crippen molar-refractivity contribution in [2.24, 2.45) is 0 Å². The third kappa shape index (κ3) is 1.59. The van der Waals surface area contributed by atoms with Gasteiger partial charge in [0.25, 0.3) is 0 Å². The van der Waals surface area contributed by atoms with Crippen molar-refractivity contribution in [1.82, 2.24) is 0 Å². The summed E-state index contributed by atoms with van der Waals surface area (Å²) in [5.74, 6) is -0.953. The molecule has 12 heavy (non-hydrogen) atoms. The molecule has 0 bridgehead atoms. The van der Waals surface area contributed by atoms with E-state index in [-0.39, 0.29) is 12.0 Å². The number of terminal acetylenes is 1. The minimum Gasteiger partial charge on any atom is -0.207 e. The molecule has 0 fully saturated rings. The third-order valence-electron chi connectivity index (χ3n) is 1.38. The highest BCUT2D eigenvalue weighted by Crippen LogP contribution is 2.13. The molecule has 0 saturated heterocycles. The lowest BCUT2D eigenvalue weighted by atomic mass is 10.1. The van der Waals surface area contributed by atoms with E-state index in [4.69, 9.17) is 6.42 Å². The largest absolute Gasteiger partial charge is 0.207 e. The number of rotatable bonds is 1. The van der Waals surface area contributed by atoms with Gasteiger partial charge in [0.2, 0.25) is 0 Å². The minimum absolute atomic E-state index is 0.00333. The van der Waals surface area contributed by atoms with Crippen LogP contribution < -0.4 is 0 Å². The Morgan fingerprint density at radius 3 is 2.25 bits per heavy atom. The summed E-state index contributed by atoms with van der Waals surface area (Å²) in [5, 5.41) is 0. The van der Waals surface area contributed by atoms with Crippen molar-refractivity contribution in [2.45, 2.75) is 6.42 Å². The Bertz CT molecular complexity index is 336. The highest BCUT2D eigenvalue weighted by molar-refractivity contribution is 5.23. The highest BCUT2D eigenvalue weighted by atomic mass is 19.2. The normalized spacial score (nSPS) is 9.50. The molecule has 0 nitrogen and oxygen atoms in total. The van der Waals surface area contributed by atoms with Crippen LogP contribution in [0.2, 0.25) is 0 Å². The first kappa shape index (κ1) is 8.66. The highest BCUT2D eigenvalue weighted by Gasteiger charge is 2.07. The Balaban J connectivity index is 3.16. The van der Waals surface area contributed by atoms with Crippen LogP contribution in [0.3, 0.4) is 0 Å². The van der Waals surface area contributed by atoms with Gasteiger partial charge in [-0.3, -0.25) is 0 Å². The molecule has 0 amide bonds. The zero-order valence-corrected chi connectivity index (χ0v) is 6.07. The van der Waals surface area contributed by atoms with Crippen LogP contribution >= 0.6 is 0 Å². The first-order valence-corrected chi connectivity index (χ1v) is 3.22. The Hall–Kier alpha value is -1.43. The lowest BCUT2D eigenvalue weighted by molar-refractivity contribution is 0.491. The van der Waals surface area contributed by atoms with Gasteiger partial charge in [0.1, 0.15) is 5.82 Å². The van der Waals surface area contributed by atoms with Gasteiger partial charge in [0.15, 0.2) is 11.6 Å². The number of halogens is 3. The zero-order valence-electron chi connectivity index (χ0n) is 6.07. The molecule has 0 aliphatic heterocycles. The fourth-order valence-corrected chi connectivity index (χ4v) is 0.809. The summed E-state index contributed by atoms with van der Waals surface area (Å²) >= 11 is 0. The van der Waals surface area contributed by atoms with Crippen LogP contribution in [0, 0.1) is 29.8 Å². The fraction of sp³-hybridized carbons (Fsp3) is 0.111. The van der Waals surface area contributed by atoms with Crippen LogP contribution in [0.4, 0.5) is 13.2 Å². The molecule has 0 atom stereocenters. The molecule has 0 unspecified atom stereocenters. The molecule has 1 rings (SSSR count). The second-order valence-electron chi connectivity index (χ2n) is 2.24. The average Bonchev–Trinajstić information content (AvgIpc) is 2.01. The maximum Gasteiger partial charge on any atom is 0.161 e. The van der Waals surface area contributed by atoms with Gasteiger partial charge in [-0.25, -0.2) is 13.2 Å². The van der Waals surface area contributed by atoms with E-state index in [1.165, 1.54) is 0 Å². The van der Waals surface area contributed by atoms with Crippen LogP contribution in [0.25, 0.3) is 0 Å². The Labute approximate surface area is 68.0 Å². The van der Waals surface area contributed by atoms with E-state index < -0.39 is 17.5 Å². The van der Waals surface area contributed by atoms with Crippen molar-refractivity contribution in [2.75, 3.05) is 0 Å². The topological polar surface area (TPSA) is 0 Å². The van der Waals surface area contributed by atoms with E-state index in [2.05, 4.69) is 5.92 Å². The molecule has 3 heteroatoms. The minimum atomic E-state index is -1.20. The van der Waals surface area contributed by atoms with E-state index in [0.29, 0.717) is 6.07 Å². The van der Waals surface area contributed by atoms with Crippen LogP contribution in [0.15, 0.2) is 12.1 Å². The van der Waals surface area contributed by atoms with E-state index in [1.807, 2.05) is 0 Å². The number of hydrogen-bond donors (Lipinski definition) is 0. The monoisotopic (exact) mass is 170 g/mol. The first-order chi connectivity index (χ1) is 5.65. The Kier molecular flexibility index (Phi) is 2.39. The maximum absolute atomic E-state index is 12.7. The van der Waals surface area contributed by atoms with Crippen LogP contribution in [0.5, 0.6) is 0 Å². The second kappa shape index (κ2) is 3.31. The molecule has 1 aromatic rings. The van der Waals surface area contributed by atoms with E-state index in [1.54, 1.807) is 0 Å². The number of benzene rings is 1. The fourth-order valence-electron chi connectivity index (χ4n) is 0.809. The SMILES string of the molecule is C#CCc1cc(F)c(F)cc1F. The molecular weight excluding hydrogens is 165 g/mol. The van der Waals surface area contributed by atoms with E-state index >= 15 is 0 Å². The van der Waals surface area contributed by atoms with Crippen LogP contribution in [0.1, 0.15) is 5.56 Å². The average molecular weight is 170 g/mol. The van der Waals surface area contributed by atoms with Crippen molar-refractivity contribution < 1.29 is 13.2 Å². The summed E-state index contributed by atoms with van der Waals surface area (Å²) in [4.78, 5) is 0. The van der Waals surface area contributed by atoms with Crippen molar-refractivity contribution in [3.05, 3.63) is 35.1 Å². The Morgan fingerprint density at radius 2 is 1.67 bits per heavy atom. The van der Waals surface area contributed by atoms with Crippen molar-refractivity contribution in [3.8, 4) is 12.3 Å². The summed E-state index contributed by atoms with van der Waals surface area (Å²) < 4.78 is 37.5. The summed E-state index contributed by atoms with van der Waals surface area (Å²) in [7, 11) is 0. The first-order valence-electron chi connectivity index (χ1n) is 3.22. The molecule has 0 aromatic heterocycles. The quantitative estimate of drug-likeness (QED) is 0.448. The van der Waals surface area contributed by atoms with Gasteiger partial charge in [-0.15, -0.1) is 12.3 Å². The summed E-state index contributed by atoms with van der Waals surface area (Å²) in [6, 6.07) is 1.26. The summed E-state index contributed by atoms with van der Waals surface area (Å²) in [6.45, 7) is 0. The predicted molar refractivity (Wildman–Crippen MR) is 38.9 cm³/mol. The molecule has 62 valence electrons. The smallest absolute Gasteiger partial charge is 0.161 e. The third-order valence-corrected chi connectivity index (χ3v) is 1.38. The van der Waals surface area contributed by atoms with Crippen molar-refractivity contribution in [3.63, 3.8) is 0 Å².